The van der Waals surface area contributed by atoms with Gasteiger partial charge in [-0.1, -0.05) is 0 Å². The monoisotopic (exact) mass is 240 g/mol. The topological polar surface area (TPSA) is 87.8 Å². The van der Waals surface area contributed by atoms with Crippen molar-refractivity contribution in [2.45, 2.75) is 6.54 Å². The summed E-state index contributed by atoms with van der Waals surface area (Å²) in [7, 11) is 0. The molecule has 3 aromatic rings. The molecule has 0 aliphatic carbocycles. The number of benzene rings is 1. The Morgan fingerprint density at radius 1 is 1.28 bits per heavy atom. The Morgan fingerprint density at radius 2 is 2.17 bits per heavy atom. The van der Waals surface area contributed by atoms with Crippen molar-refractivity contribution in [2.24, 2.45) is 5.73 Å². The molecule has 0 spiro atoms. The largest absolute Gasteiger partial charge is 0.508 e. The summed E-state index contributed by atoms with van der Waals surface area (Å²) in [6.45, 7) is 0.356. The number of aromatic amines is 1. The zero-order valence-corrected chi connectivity index (χ0v) is 9.59. The minimum absolute atomic E-state index is 0.228. The van der Waals surface area contributed by atoms with Crippen LogP contribution in [0.3, 0.4) is 0 Å². The van der Waals surface area contributed by atoms with Crippen LogP contribution >= 0.6 is 0 Å². The highest BCUT2D eigenvalue weighted by Gasteiger charge is 2.08. The first-order chi connectivity index (χ1) is 8.78. The number of nitrogens with two attached hydrogens (primary N) is 1. The van der Waals surface area contributed by atoms with E-state index in [1.807, 2.05) is 12.3 Å². The summed E-state index contributed by atoms with van der Waals surface area (Å²) >= 11 is 0. The van der Waals surface area contributed by atoms with E-state index in [2.05, 4.69) is 15.0 Å². The average molecular weight is 240 g/mol. The minimum atomic E-state index is 0.228. The second kappa shape index (κ2) is 4.12. The van der Waals surface area contributed by atoms with Gasteiger partial charge in [0.2, 0.25) is 0 Å². The Hall–Kier alpha value is -2.40. The molecule has 0 saturated carbocycles. The molecular formula is C13H12N4O. The minimum Gasteiger partial charge on any atom is -0.508 e. The SMILES string of the molecule is NCc1cncc(-c2c[nH]c3ccc(O)cc23)n1. The first-order valence-corrected chi connectivity index (χ1v) is 5.59. The third-order valence-electron chi connectivity index (χ3n) is 2.83. The highest BCUT2D eigenvalue weighted by molar-refractivity contribution is 5.95. The van der Waals surface area contributed by atoms with Crippen molar-refractivity contribution in [2.75, 3.05) is 0 Å². The molecule has 0 radical (unpaired) electrons. The van der Waals surface area contributed by atoms with Crippen LogP contribution in [-0.2, 0) is 6.54 Å². The molecule has 5 nitrogen and oxygen atoms in total. The summed E-state index contributed by atoms with van der Waals surface area (Å²) in [5.74, 6) is 0.228. The molecule has 5 heteroatoms. The van der Waals surface area contributed by atoms with Crippen molar-refractivity contribution < 1.29 is 5.11 Å². The number of nitrogens with zero attached hydrogens (tertiary/aromatic N) is 2. The van der Waals surface area contributed by atoms with Gasteiger partial charge in [-0.15, -0.1) is 0 Å². The van der Waals surface area contributed by atoms with Crippen LogP contribution in [0.2, 0.25) is 0 Å². The smallest absolute Gasteiger partial charge is 0.116 e. The number of phenolic OH excluding ortho intramolecular Hbond substituents is 1. The first kappa shape index (κ1) is 10.7. The van der Waals surface area contributed by atoms with Gasteiger partial charge in [0, 0.05) is 35.4 Å². The van der Waals surface area contributed by atoms with Gasteiger partial charge >= 0.3 is 0 Å². The maximum atomic E-state index is 9.55. The number of H-pyrrole nitrogens is 1. The van der Waals surface area contributed by atoms with E-state index in [9.17, 15) is 5.11 Å². The van der Waals surface area contributed by atoms with Gasteiger partial charge in [-0.05, 0) is 18.2 Å². The number of fused-ring (bicyclic) bond motifs is 1. The Kier molecular flexibility index (Phi) is 2.46. The van der Waals surface area contributed by atoms with Crippen LogP contribution in [0.25, 0.3) is 22.2 Å². The molecule has 0 amide bonds. The van der Waals surface area contributed by atoms with Crippen LogP contribution in [0.15, 0.2) is 36.8 Å². The van der Waals surface area contributed by atoms with Gasteiger partial charge in [0.15, 0.2) is 0 Å². The molecule has 2 aromatic heterocycles. The van der Waals surface area contributed by atoms with Crippen LogP contribution in [-0.4, -0.2) is 20.1 Å². The van der Waals surface area contributed by atoms with Crippen LogP contribution in [0.5, 0.6) is 5.75 Å². The summed E-state index contributed by atoms with van der Waals surface area (Å²) in [4.78, 5) is 11.7. The standard InChI is InChI=1S/C13H12N4O/c14-4-8-5-15-7-13(17-8)11-6-16-12-2-1-9(18)3-10(11)12/h1-3,5-7,16,18H,4,14H2. The normalized spacial score (nSPS) is 10.9. The van der Waals surface area contributed by atoms with Crippen LogP contribution < -0.4 is 5.73 Å². The molecule has 90 valence electrons. The van der Waals surface area contributed by atoms with Crippen LogP contribution in [0.1, 0.15) is 5.69 Å². The highest BCUT2D eigenvalue weighted by atomic mass is 16.3. The third-order valence-corrected chi connectivity index (χ3v) is 2.83. The molecule has 0 aliphatic heterocycles. The van der Waals surface area contributed by atoms with Crippen molar-refractivity contribution in [3.8, 4) is 17.0 Å². The maximum absolute atomic E-state index is 9.55. The van der Waals surface area contributed by atoms with Gasteiger partial charge < -0.3 is 15.8 Å². The van der Waals surface area contributed by atoms with Crippen molar-refractivity contribution in [1.82, 2.24) is 15.0 Å². The second-order valence-electron chi connectivity index (χ2n) is 4.03. The van der Waals surface area contributed by atoms with Gasteiger partial charge in [-0.2, -0.15) is 0 Å². The molecule has 0 aliphatic rings. The maximum Gasteiger partial charge on any atom is 0.116 e. The number of phenols is 1. The molecule has 0 fully saturated rings. The number of hydrogen-bond donors (Lipinski definition) is 3. The van der Waals surface area contributed by atoms with Crippen LogP contribution in [0, 0.1) is 0 Å². The second-order valence-corrected chi connectivity index (χ2v) is 4.03. The molecule has 0 atom stereocenters. The van der Waals surface area contributed by atoms with E-state index >= 15 is 0 Å². The van der Waals surface area contributed by atoms with E-state index in [0.717, 1.165) is 27.9 Å². The average Bonchev–Trinajstić information content (AvgIpc) is 2.81. The third kappa shape index (κ3) is 1.70. The van der Waals surface area contributed by atoms with Gasteiger partial charge in [-0.25, -0.2) is 4.98 Å². The molecule has 2 heterocycles. The molecule has 0 unspecified atom stereocenters. The van der Waals surface area contributed by atoms with E-state index in [1.165, 1.54) is 0 Å². The summed E-state index contributed by atoms with van der Waals surface area (Å²) in [5, 5.41) is 10.5. The molecule has 1 aromatic carbocycles. The summed E-state index contributed by atoms with van der Waals surface area (Å²) in [6.07, 6.45) is 5.19. The predicted molar refractivity (Wildman–Crippen MR) is 68.9 cm³/mol. The predicted octanol–water partition coefficient (Wildman–Crippen LogP) is 1.79. The summed E-state index contributed by atoms with van der Waals surface area (Å²) < 4.78 is 0. The van der Waals surface area contributed by atoms with Gasteiger partial charge in [0.25, 0.3) is 0 Å². The van der Waals surface area contributed by atoms with Crippen LogP contribution in [0.4, 0.5) is 0 Å². The lowest BCUT2D eigenvalue weighted by Crippen LogP contribution is -2.00. The lowest BCUT2D eigenvalue weighted by atomic mass is 10.1. The fourth-order valence-corrected chi connectivity index (χ4v) is 1.96. The fourth-order valence-electron chi connectivity index (χ4n) is 1.96. The number of aromatic hydroxyl groups is 1. The van der Waals surface area contributed by atoms with Crippen molar-refractivity contribution >= 4 is 10.9 Å². The molecule has 3 rings (SSSR count). The molecular weight excluding hydrogens is 228 g/mol. The lowest BCUT2D eigenvalue weighted by Gasteiger charge is -2.01. The van der Waals surface area contributed by atoms with Gasteiger partial charge in [0.05, 0.1) is 17.6 Å². The van der Waals surface area contributed by atoms with E-state index in [1.54, 1.807) is 24.5 Å². The first-order valence-electron chi connectivity index (χ1n) is 5.59. The number of nitrogens with one attached hydrogen (secondary N) is 1. The zero-order valence-electron chi connectivity index (χ0n) is 9.59. The van der Waals surface area contributed by atoms with Crippen molar-refractivity contribution in [1.29, 1.82) is 0 Å². The fraction of sp³-hybridized carbons (Fsp3) is 0.0769. The van der Waals surface area contributed by atoms with Crippen molar-refractivity contribution in [3.63, 3.8) is 0 Å². The molecule has 18 heavy (non-hydrogen) atoms. The van der Waals surface area contributed by atoms with E-state index in [4.69, 9.17) is 5.73 Å². The van der Waals surface area contributed by atoms with E-state index in [-0.39, 0.29) is 5.75 Å². The number of rotatable bonds is 2. The molecule has 0 saturated heterocycles. The lowest BCUT2D eigenvalue weighted by molar-refractivity contribution is 0.476. The molecule has 4 N–H and O–H groups in total. The Morgan fingerprint density at radius 3 is 3.00 bits per heavy atom. The Balaban J connectivity index is 2.21. The quantitative estimate of drug-likeness (QED) is 0.637. The number of aromatic nitrogens is 3. The van der Waals surface area contributed by atoms with Gasteiger partial charge in [0.1, 0.15) is 5.75 Å². The zero-order chi connectivity index (χ0) is 12.5. The summed E-state index contributed by atoms with van der Waals surface area (Å²) in [6, 6.07) is 5.18. The molecule has 0 bridgehead atoms. The summed E-state index contributed by atoms with van der Waals surface area (Å²) in [5.41, 5.74) is 8.89. The Labute approximate surface area is 103 Å². The Bertz CT molecular complexity index is 705. The number of hydrogen-bond acceptors (Lipinski definition) is 4. The van der Waals surface area contributed by atoms with Gasteiger partial charge in [-0.3, -0.25) is 4.98 Å². The van der Waals surface area contributed by atoms with E-state index in [0.29, 0.717) is 6.54 Å². The van der Waals surface area contributed by atoms with Crippen molar-refractivity contribution in [3.05, 3.63) is 42.5 Å². The van der Waals surface area contributed by atoms with E-state index < -0.39 is 0 Å². The highest BCUT2D eigenvalue weighted by Crippen LogP contribution is 2.29.